The fourth-order valence-electron chi connectivity index (χ4n) is 4.28. The largest absolute Gasteiger partial charge is 0.454 e. The summed E-state index contributed by atoms with van der Waals surface area (Å²) in [6, 6.07) is 17.6. The third kappa shape index (κ3) is 3.96. The van der Waals surface area contributed by atoms with Crippen molar-refractivity contribution in [2.45, 2.75) is 36.5 Å². The monoisotopic (exact) mass is 463 g/mol. The first-order valence-corrected chi connectivity index (χ1v) is 12.2. The van der Waals surface area contributed by atoms with Crippen LogP contribution in [-0.2, 0) is 26.7 Å². The third-order valence-corrected chi connectivity index (χ3v) is 7.19. The molecule has 2 N–H and O–H groups in total. The fraction of sp³-hybridized carbons (Fsp3) is 0.240. The second-order valence-corrected chi connectivity index (χ2v) is 9.84. The summed E-state index contributed by atoms with van der Waals surface area (Å²) in [5.74, 6) is 1.26. The van der Waals surface area contributed by atoms with Gasteiger partial charge in [-0.25, -0.2) is 8.42 Å². The summed E-state index contributed by atoms with van der Waals surface area (Å²) in [4.78, 5) is 13.2. The van der Waals surface area contributed by atoms with Gasteiger partial charge < -0.3 is 14.8 Å². The van der Waals surface area contributed by atoms with Gasteiger partial charge in [0.25, 0.3) is 10.0 Å². The maximum atomic E-state index is 13.3. The van der Waals surface area contributed by atoms with Crippen LogP contribution < -0.4 is 19.9 Å². The first kappa shape index (κ1) is 21.5. The lowest BCUT2D eigenvalue weighted by Gasteiger charge is -2.18. The number of carbonyl (C=O) groups is 1. The van der Waals surface area contributed by atoms with Gasteiger partial charge in [-0.1, -0.05) is 31.2 Å². The highest BCUT2D eigenvalue weighted by Gasteiger charge is 2.51. The number of hydrogen-bond donors (Lipinski definition) is 1. The Kier molecular flexibility index (Phi) is 5.14. The van der Waals surface area contributed by atoms with E-state index in [9.17, 15) is 13.2 Å². The number of sulfonamides is 1. The van der Waals surface area contributed by atoms with E-state index in [2.05, 4.69) is 5.32 Å². The standard InChI is InChI=1S/C25H23N2O5S/c1-2-16-6-8-19(14-21(16)17-4-3-5-20(12-17)33(26,29)30)27-24(28)25(10-11-25)18-7-9-22-23(13-18)32-15-31-22/h3-9,12-14,26H,2,10-11,15H2,1H3,(H,27,28). The SMILES string of the molecule is CCc1ccc(NC(=O)C2(c3ccc4c(c3)OCO4)CC2)cc1-c1cccc(S([NH])(=O)=O)c1. The Balaban J connectivity index is 1.45. The van der Waals surface area contributed by atoms with E-state index in [-0.39, 0.29) is 17.6 Å². The summed E-state index contributed by atoms with van der Waals surface area (Å²) in [7, 11) is -4.07. The van der Waals surface area contributed by atoms with Gasteiger partial charge in [-0.05, 0) is 77.9 Å². The van der Waals surface area contributed by atoms with Gasteiger partial charge >= 0.3 is 0 Å². The van der Waals surface area contributed by atoms with Crippen LogP contribution in [-0.4, -0.2) is 21.1 Å². The molecule has 1 amide bonds. The van der Waals surface area contributed by atoms with Crippen LogP contribution in [0.3, 0.4) is 0 Å². The quantitative estimate of drug-likeness (QED) is 0.587. The van der Waals surface area contributed by atoms with Crippen molar-refractivity contribution in [2.24, 2.45) is 0 Å². The van der Waals surface area contributed by atoms with E-state index in [1.54, 1.807) is 6.07 Å². The molecule has 1 aliphatic carbocycles. The Labute approximate surface area is 192 Å². The van der Waals surface area contributed by atoms with Crippen molar-refractivity contribution >= 4 is 21.6 Å². The van der Waals surface area contributed by atoms with Crippen molar-refractivity contribution < 1.29 is 22.7 Å². The highest BCUT2D eigenvalue weighted by atomic mass is 32.2. The molecule has 1 aliphatic heterocycles. The first-order chi connectivity index (χ1) is 15.8. The highest BCUT2D eigenvalue weighted by molar-refractivity contribution is 7.88. The molecule has 33 heavy (non-hydrogen) atoms. The number of hydrogen-bond acceptors (Lipinski definition) is 5. The predicted molar refractivity (Wildman–Crippen MR) is 124 cm³/mol. The van der Waals surface area contributed by atoms with E-state index in [0.29, 0.717) is 22.7 Å². The van der Waals surface area contributed by atoms with Crippen molar-refractivity contribution in [1.82, 2.24) is 5.14 Å². The molecule has 0 aromatic heterocycles. The molecule has 0 spiro atoms. The summed E-state index contributed by atoms with van der Waals surface area (Å²) >= 11 is 0. The van der Waals surface area contributed by atoms with E-state index in [4.69, 9.17) is 14.6 Å². The predicted octanol–water partition coefficient (Wildman–Crippen LogP) is 4.29. The van der Waals surface area contributed by atoms with Crippen LogP contribution in [0.4, 0.5) is 5.69 Å². The molecule has 5 rings (SSSR count). The number of fused-ring (bicyclic) bond motifs is 1. The van der Waals surface area contributed by atoms with E-state index < -0.39 is 15.4 Å². The number of ether oxygens (including phenoxy) is 2. The lowest BCUT2D eigenvalue weighted by atomic mass is 9.93. The number of nitrogens with one attached hydrogen (secondary N) is 2. The van der Waals surface area contributed by atoms with Crippen LogP contribution >= 0.6 is 0 Å². The molecule has 1 fully saturated rings. The van der Waals surface area contributed by atoms with Crippen LogP contribution in [0.2, 0.25) is 0 Å². The maximum absolute atomic E-state index is 13.3. The second kappa shape index (κ2) is 7.90. The van der Waals surface area contributed by atoms with Crippen molar-refractivity contribution in [3.63, 3.8) is 0 Å². The summed E-state index contributed by atoms with van der Waals surface area (Å²) in [6.07, 6.45) is 2.24. The van der Waals surface area contributed by atoms with Crippen LogP contribution in [0.5, 0.6) is 11.5 Å². The maximum Gasteiger partial charge on any atom is 0.254 e. The molecule has 0 unspecified atom stereocenters. The van der Waals surface area contributed by atoms with Gasteiger partial charge in [0.05, 0.1) is 10.3 Å². The number of carbonyl (C=O) groups excluding carboxylic acids is 1. The molecule has 2 aliphatic rings. The molecule has 0 saturated heterocycles. The number of rotatable bonds is 6. The molecule has 0 atom stereocenters. The molecule has 1 saturated carbocycles. The number of aryl methyl sites for hydroxylation is 1. The van der Waals surface area contributed by atoms with Crippen molar-refractivity contribution in [3.05, 3.63) is 71.8 Å². The van der Waals surface area contributed by atoms with Crippen LogP contribution in [0.1, 0.15) is 30.9 Å². The topological polar surface area (TPSA) is 106 Å². The molecule has 3 aromatic carbocycles. The summed E-state index contributed by atoms with van der Waals surface area (Å²) in [5, 5.41) is 10.4. The average Bonchev–Trinajstić information content (AvgIpc) is 3.49. The third-order valence-electron chi connectivity index (χ3n) is 6.31. The van der Waals surface area contributed by atoms with Crippen LogP contribution in [0.25, 0.3) is 11.1 Å². The van der Waals surface area contributed by atoms with Crippen molar-refractivity contribution in [2.75, 3.05) is 12.1 Å². The number of benzene rings is 3. The van der Waals surface area contributed by atoms with Gasteiger partial charge in [-0.2, -0.15) is 0 Å². The van der Waals surface area contributed by atoms with Gasteiger partial charge in [0, 0.05) is 5.69 Å². The minimum absolute atomic E-state index is 0.0590. The van der Waals surface area contributed by atoms with Crippen molar-refractivity contribution in [1.29, 1.82) is 0 Å². The van der Waals surface area contributed by atoms with E-state index in [1.807, 2.05) is 49.4 Å². The van der Waals surface area contributed by atoms with Gasteiger partial charge in [0.2, 0.25) is 12.7 Å². The lowest BCUT2D eigenvalue weighted by molar-refractivity contribution is -0.118. The van der Waals surface area contributed by atoms with Gasteiger partial charge in [0.15, 0.2) is 11.5 Å². The molecule has 1 heterocycles. The smallest absolute Gasteiger partial charge is 0.254 e. The Morgan fingerprint density at radius 3 is 2.55 bits per heavy atom. The van der Waals surface area contributed by atoms with Gasteiger partial charge in [-0.3, -0.25) is 4.79 Å². The number of anilines is 1. The number of amides is 1. The van der Waals surface area contributed by atoms with Gasteiger partial charge in [0.1, 0.15) is 0 Å². The lowest BCUT2D eigenvalue weighted by Crippen LogP contribution is -2.27. The molecule has 169 valence electrons. The Morgan fingerprint density at radius 1 is 1.03 bits per heavy atom. The van der Waals surface area contributed by atoms with E-state index >= 15 is 0 Å². The Morgan fingerprint density at radius 2 is 1.82 bits per heavy atom. The zero-order chi connectivity index (χ0) is 23.2. The Bertz CT molecular complexity index is 1360. The van der Waals surface area contributed by atoms with Gasteiger partial charge in [-0.15, -0.1) is 5.14 Å². The molecule has 3 aromatic rings. The van der Waals surface area contributed by atoms with Crippen molar-refractivity contribution in [3.8, 4) is 22.6 Å². The first-order valence-electron chi connectivity index (χ1n) is 10.7. The molecule has 0 bridgehead atoms. The minimum Gasteiger partial charge on any atom is -0.454 e. The molecule has 7 nitrogen and oxygen atoms in total. The Hall–Kier alpha value is -3.36. The zero-order valence-corrected chi connectivity index (χ0v) is 18.9. The summed E-state index contributed by atoms with van der Waals surface area (Å²) in [6.45, 7) is 2.20. The van der Waals surface area contributed by atoms with E-state index in [1.165, 1.54) is 12.1 Å². The average molecular weight is 464 g/mol. The normalized spacial score (nSPS) is 15.8. The highest BCUT2D eigenvalue weighted by Crippen LogP contribution is 2.51. The second-order valence-electron chi connectivity index (χ2n) is 8.36. The summed E-state index contributed by atoms with van der Waals surface area (Å²) < 4.78 is 34.2. The fourth-order valence-corrected chi connectivity index (χ4v) is 4.82. The zero-order valence-electron chi connectivity index (χ0n) is 18.1. The molecular weight excluding hydrogens is 440 g/mol. The van der Waals surface area contributed by atoms with Crippen LogP contribution in [0, 0.1) is 0 Å². The summed E-state index contributed by atoms with van der Waals surface area (Å²) in [5.41, 5.74) is 3.48. The molecule has 8 heteroatoms. The van der Waals surface area contributed by atoms with Crippen LogP contribution in [0.15, 0.2) is 65.6 Å². The minimum atomic E-state index is -4.07. The molecule has 1 radical (unpaired) electrons. The molecular formula is C25H23N2O5S. The van der Waals surface area contributed by atoms with E-state index in [0.717, 1.165) is 36.0 Å².